The molecule has 0 aliphatic rings. The lowest BCUT2D eigenvalue weighted by Crippen LogP contribution is -2.44. The Hall–Kier alpha value is -0.130. The van der Waals surface area contributed by atoms with Gasteiger partial charge in [-0.2, -0.15) is 8.42 Å². The van der Waals surface area contributed by atoms with Crippen LogP contribution in [-0.4, -0.2) is 50.4 Å². The normalized spacial score (nSPS) is 14.3. The van der Waals surface area contributed by atoms with Gasteiger partial charge >= 0.3 is 0 Å². The zero-order chi connectivity index (χ0) is 12.3. The maximum Gasteiger partial charge on any atom is 0.270 e. The molecule has 0 saturated heterocycles. The first-order valence-electron chi connectivity index (χ1n) is 5.19. The zero-order valence-electron chi connectivity index (χ0n) is 10.4. The summed E-state index contributed by atoms with van der Waals surface area (Å²) in [5, 5.41) is 0. The maximum atomic E-state index is 10.6. The molecule has 1 N–H and O–H groups in total. The van der Waals surface area contributed by atoms with Crippen LogP contribution in [0.5, 0.6) is 0 Å². The summed E-state index contributed by atoms with van der Waals surface area (Å²) in [6, 6.07) is 0. The Morgan fingerprint density at radius 2 is 1.60 bits per heavy atom. The van der Waals surface area contributed by atoms with E-state index in [1.807, 2.05) is 14.1 Å². The molecule has 0 aliphatic heterocycles. The summed E-state index contributed by atoms with van der Waals surface area (Å²) >= 11 is 0. The minimum atomic E-state index is -3.83. The van der Waals surface area contributed by atoms with Gasteiger partial charge in [-0.05, 0) is 5.41 Å². The van der Waals surface area contributed by atoms with Gasteiger partial charge in [0, 0.05) is 6.42 Å². The Kier molecular flexibility index (Phi) is 4.76. The lowest BCUT2D eigenvalue weighted by molar-refractivity contribution is -0.888. The van der Waals surface area contributed by atoms with Crippen molar-refractivity contribution in [2.45, 2.75) is 27.2 Å². The first-order chi connectivity index (χ1) is 6.41. The molecule has 0 atom stereocenters. The maximum absolute atomic E-state index is 10.6. The van der Waals surface area contributed by atoms with Crippen molar-refractivity contribution in [3.8, 4) is 0 Å². The molecule has 0 aliphatic carbocycles. The van der Waals surface area contributed by atoms with Crippen molar-refractivity contribution in [2.75, 3.05) is 32.9 Å². The highest BCUT2D eigenvalue weighted by atomic mass is 32.2. The third-order valence-electron chi connectivity index (χ3n) is 2.42. The molecule has 15 heavy (non-hydrogen) atoms. The Balaban J connectivity index is 4.09. The summed E-state index contributed by atoms with van der Waals surface area (Å²) in [7, 11) is 0.139. The van der Waals surface area contributed by atoms with E-state index in [2.05, 4.69) is 20.8 Å². The smallest absolute Gasteiger partial charge is 0.270 e. The van der Waals surface area contributed by atoms with Crippen LogP contribution in [0.15, 0.2) is 0 Å². The van der Waals surface area contributed by atoms with Crippen molar-refractivity contribution in [1.29, 1.82) is 0 Å². The van der Waals surface area contributed by atoms with Crippen LogP contribution in [0.25, 0.3) is 0 Å². The molecule has 0 amide bonds. The van der Waals surface area contributed by atoms with Crippen LogP contribution in [0, 0.1) is 5.41 Å². The van der Waals surface area contributed by atoms with Crippen molar-refractivity contribution in [3.63, 3.8) is 0 Å². The summed E-state index contributed by atoms with van der Waals surface area (Å²) in [5.41, 5.74) is 0.258. The molecule has 0 saturated carbocycles. The highest BCUT2D eigenvalue weighted by molar-refractivity contribution is 7.85. The van der Waals surface area contributed by atoms with Crippen LogP contribution in [0.1, 0.15) is 27.2 Å². The van der Waals surface area contributed by atoms with Gasteiger partial charge in [-0.15, -0.1) is 0 Å². The number of hydrogen-bond acceptors (Lipinski definition) is 2. The molecule has 0 unspecified atom stereocenters. The van der Waals surface area contributed by atoms with Crippen LogP contribution < -0.4 is 0 Å². The minimum Gasteiger partial charge on any atom is -0.328 e. The van der Waals surface area contributed by atoms with Crippen molar-refractivity contribution >= 4 is 10.1 Å². The Labute approximate surface area is 93.6 Å². The third-order valence-corrected chi connectivity index (χ3v) is 3.12. The Bertz CT molecular complexity index is 288. The van der Waals surface area contributed by atoms with Gasteiger partial charge in [-0.3, -0.25) is 4.55 Å². The van der Waals surface area contributed by atoms with Crippen molar-refractivity contribution in [1.82, 2.24) is 0 Å². The molecule has 0 heterocycles. The van der Waals surface area contributed by atoms with Gasteiger partial charge in [0.1, 0.15) is 5.75 Å². The van der Waals surface area contributed by atoms with Crippen LogP contribution in [0.4, 0.5) is 0 Å². The summed E-state index contributed by atoms with van der Waals surface area (Å²) in [4.78, 5) is 0. The molecule has 5 heteroatoms. The van der Waals surface area contributed by atoms with Crippen molar-refractivity contribution < 1.29 is 17.5 Å². The number of hydrogen-bond donors (Lipinski definition) is 1. The molecular formula is C10H24NO3S+. The van der Waals surface area contributed by atoms with Crippen LogP contribution >= 0.6 is 0 Å². The summed E-state index contributed by atoms with van der Waals surface area (Å²) in [6.45, 7) is 7.86. The van der Waals surface area contributed by atoms with Crippen molar-refractivity contribution in [3.05, 3.63) is 0 Å². The minimum absolute atomic E-state index is 0.163. The fraction of sp³-hybridized carbons (Fsp3) is 1.00. The van der Waals surface area contributed by atoms with Crippen molar-refractivity contribution in [2.24, 2.45) is 5.41 Å². The second kappa shape index (κ2) is 4.80. The van der Waals surface area contributed by atoms with E-state index >= 15 is 0 Å². The molecule has 4 nitrogen and oxygen atoms in total. The topological polar surface area (TPSA) is 54.4 Å². The molecular weight excluding hydrogens is 214 g/mol. The lowest BCUT2D eigenvalue weighted by atomic mass is 9.92. The highest BCUT2D eigenvalue weighted by Gasteiger charge is 2.22. The van der Waals surface area contributed by atoms with Crippen LogP contribution in [-0.2, 0) is 10.1 Å². The molecule has 0 spiro atoms. The summed E-state index contributed by atoms with van der Waals surface area (Å²) in [6.07, 6.45) is 1.03. The van der Waals surface area contributed by atoms with E-state index < -0.39 is 10.1 Å². The first kappa shape index (κ1) is 14.9. The second-order valence-corrected chi connectivity index (χ2v) is 7.55. The second-order valence-electron chi connectivity index (χ2n) is 5.98. The van der Waals surface area contributed by atoms with E-state index in [0.717, 1.165) is 13.0 Å². The molecule has 0 radical (unpaired) electrons. The Morgan fingerprint density at radius 3 is 1.93 bits per heavy atom. The van der Waals surface area contributed by atoms with Crippen LogP contribution in [0.3, 0.4) is 0 Å². The molecule has 0 aromatic heterocycles. The number of nitrogens with zero attached hydrogens (tertiary/aromatic N) is 1. The number of quaternary nitrogens is 1. The fourth-order valence-electron chi connectivity index (χ4n) is 1.11. The Morgan fingerprint density at radius 1 is 1.13 bits per heavy atom. The van der Waals surface area contributed by atoms with E-state index in [4.69, 9.17) is 4.55 Å². The third kappa shape index (κ3) is 10.2. The standard InChI is InChI=1S/C10H23NO3S/c1-10(2,3)6-7-11(4,5)8-9-15(12,13)14/h6-9H2,1-5H3/p+1. The average molecular weight is 238 g/mol. The SMILES string of the molecule is CC(C)(C)CC[N+](C)(C)CCS(=O)(=O)O. The number of rotatable bonds is 5. The zero-order valence-corrected chi connectivity index (χ0v) is 11.3. The van der Waals surface area contributed by atoms with Crippen LogP contribution in [0.2, 0.25) is 0 Å². The summed E-state index contributed by atoms with van der Waals surface area (Å²) < 4.78 is 30.5. The van der Waals surface area contributed by atoms with E-state index in [0.29, 0.717) is 11.0 Å². The first-order valence-corrected chi connectivity index (χ1v) is 6.79. The molecule has 0 fully saturated rings. The summed E-state index contributed by atoms with van der Waals surface area (Å²) in [5.74, 6) is -0.163. The van der Waals surface area contributed by atoms with Gasteiger partial charge in [-0.1, -0.05) is 20.8 Å². The quantitative estimate of drug-likeness (QED) is 0.581. The highest BCUT2D eigenvalue weighted by Crippen LogP contribution is 2.20. The average Bonchev–Trinajstić information content (AvgIpc) is 1.96. The van der Waals surface area contributed by atoms with E-state index in [9.17, 15) is 8.42 Å². The monoisotopic (exact) mass is 238 g/mol. The van der Waals surface area contributed by atoms with Gasteiger partial charge in [0.2, 0.25) is 0 Å². The van der Waals surface area contributed by atoms with E-state index in [-0.39, 0.29) is 11.2 Å². The predicted octanol–water partition coefficient (Wildman–Crippen LogP) is 1.39. The van der Waals surface area contributed by atoms with Gasteiger partial charge in [0.25, 0.3) is 10.1 Å². The molecule has 0 rings (SSSR count). The molecule has 0 bridgehead atoms. The molecule has 0 aromatic rings. The van der Waals surface area contributed by atoms with Gasteiger partial charge in [0.15, 0.2) is 0 Å². The molecule has 92 valence electrons. The van der Waals surface area contributed by atoms with E-state index in [1.54, 1.807) is 0 Å². The van der Waals surface area contributed by atoms with Gasteiger partial charge < -0.3 is 4.48 Å². The molecule has 0 aromatic carbocycles. The largest absolute Gasteiger partial charge is 0.328 e. The van der Waals surface area contributed by atoms with E-state index in [1.165, 1.54) is 0 Å². The van der Waals surface area contributed by atoms with Gasteiger partial charge in [0.05, 0.1) is 27.2 Å². The predicted molar refractivity (Wildman–Crippen MR) is 62.3 cm³/mol. The van der Waals surface area contributed by atoms with Gasteiger partial charge in [-0.25, -0.2) is 0 Å². The lowest BCUT2D eigenvalue weighted by Gasteiger charge is -2.32. The fourth-order valence-corrected chi connectivity index (χ4v) is 1.84.